The molecule has 1 rings (SSSR count). The topological polar surface area (TPSA) is 60.2 Å². The predicted molar refractivity (Wildman–Crippen MR) is 51.7 cm³/mol. The molecule has 1 N–H and O–H groups in total. The summed E-state index contributed by atoms with van der Waals surface area (Å²) in [6, 6.07) is 0.151. The van der Waals surface area contributed by atoms with Crippen LogP contribution in [0.25, 0.3) is 0 Å². The van der Waals surface area contributed by atoms with Crippen molar-refractivity contribution < 1.29 is 9.15 Å². The zero-order chi connectivity index (χ0) is 10.4. The van der Waals surface area contributed by atoms with Crippen molar-refractivity contribution in [2.24, 2.45) is 0 Å². The molecule has 1 aromatic heterocycles. The molecule has 5 heteroatoms. The molecular formula is C9H17N3O2. The van der Waals surface area contributed by atoms with Gasteiger partial charge in [-0.25, -0.2) is 0 Å². The van der Waals surface area contributed by atoms with Gasteiger partial charge >= 0.3 is 0 Å². The normalized spacial score (nSPS) is 13.1. The fourth-order valence-corrected chi connectivity index (χ4v) is 1.24. The molecule has 0 saturated carbocycles. The second kappa shape index (κ2) is 5.72. The molecule has 1 atom stereocenters. The quantitative estimate of drug-likeness (QED) is 0.747. The van der Waals surface area contributed by atoms with Crippen molar-refractivity contribution in [3.05, 3.63) is 11.8 Å². The van der Waals surface area contributed by atoms with Crippen molar-refractivity contribution in [2.45, 2.75) is 32.9 Å². The van der Waals surface area contributed by atoms with Crippen molar-refractivity contribution in [2.75, 3.05) is 13.7 Å². The standard InChI is InChI=1S/C9H17N3O2/c1-4-7(10-5-2)9-12-11-8(14-9)6-13-3/h7,10H,4-6H2,1-3H3. The van der Waals surface area contributed by atoms with Crippen LogP contribution < -0.4 is 5.32 Å². The van der Waals surface area contributed by atoms with Gasteiger partial charge in [-0.3, -0.25) is 0 Å². The average Bonchev–Trinajstić information content (AvgIpc) is 2.63. The Bertz CT molecular complexity index is 262. The van der Waals surface area contributed by atoms with E-state index in [2.05, 4.69) is 29.4 Å². The van der Waals surface area contributed by atoms with Gasteiger partial charge in [-0.2, -0.15) is 0 Å². The van der Waals surface area contributed by atoms with Crippen LogP contribution in [0.15, 0.2) is 4.42 Å². The highest BCUT2D eigenvalue weighted by atomic mass is 16.5. The van der Waals surface area contributed by atoms with E-state index in [4.69, 9.17) is 9.15 Å². The first-order valence-corrected chi connectivity index (χ1v) is 4.86. The van der Waals surface area contributed by atoms with E-state index in [1.807, 2.05) is 0 Å². The Morgan fingerprint density at radius 3 is 2.79 bits per heavy atom. The molecule has 0 radical (unpaired) electrons. The lowest BCUT2D eigenvalue weighted by Gasteiger charge is -2.09. The molecule has 14 heavy (non-hydrogen) atoms. The molecule has 0 saturated heterocycles. The predicted octanol–water partition coefficient (Wildman–Crippen LogP) is 1.28. The van der Waals surface area contributed by atoms with Crippen LogP contribution in [-0.4, -0.2) is 23.9 Å². The summed E-state index contributed by atoms with van der Waals surface area (Å²) < 4.78 is 10.3. The average molecular weight is 199 g/mol. The van der Waals surface area contributed by atoms with E-state index in [9.17, 15) is 0 Å². The van der Waals surface area contributed by atoms with Crippen LogP contribution in [0.1, 0.15) is 38.1 Å². The fraction of sp³-hybridized carbons (Fsp3) is 0.778. The molecule has 0 amide bonds. The van der Waals surface area contributed by atoms with Gasteiger partial charge < -0.3 is 14.5 Å². The highest BCUT2D eigenvalue weighted by molar-refractivity contribution is 4.88. The molecule has 0 spiro atoms. The molecule has 1 unspecified atom stereocenters. The van der Waals surface area contributed by atoms with Gasteiger partial charge in [-0.15, -0.1) is 10.2 Å². The maximum atomic E-state index is 5.42. The van der Waals surface area contributed by atoms with Crippen molar-refractivity contribution in [3.63, 3.8) is 0 Å². The van der Waals surface area contributed by atoms with E-state index in [0.29, 0.717) is 18.4 Å². The minimum atomic E-state index is 0.151. The van der Waals surface area contributed by atoms with Gasteiger partial charge in [0.2, 0.25) is 11.8 Å². The smallest absolute Gasteiger partial charge is 0.242 e. The lowest BCUT2D eigenvalue weighted by molar-refractivity contribution is 0.156. The summed E-state index contributed by atoms with van der Waals surface area (Å²) >= 11 is 0. The van der Waals surface area contributed by atoms with Gasteiger partial charge in [-0.05, 0) is 13.0 Å². The number of nitrogens with one attached hydrogen (secondary N) is 1. The fourth-order valence-electron chi connectivity index (χ4n) is 1.24. The van der Waals surface area contributed by atoms with E-state index >= 15 is 0 Å². The Balaban J connectivity index is 2.63. The maximum Gasteiger partial charge on any atom is 0.242 e. The number of aromatic nitrogens is 2. The van der Waals surface area contributed by atoms with Gasteiger partial charge in [0.15, 0.2) is 0 Å². The summed E-state index contributed by atoms with van der Waals surface area (Å²) in [5.74, 6) is 1.17. The van der Waals surface area contributed by atoms with Crippen LogP contribution in [0.3, 0.4) is 0 Å². The lowest BCUT2D eigenvalue weighted by Crippen LogP contribution is -2.20. The van der Waals surface area contributed by atoms with E-state index in [1.54, 1.807) is 7.11 Å². The molecule has 0 bridgehead atoms. The number of rotatable bonds is 6. The van der Waals surface area contributed by atoms with Crippen LogP contribution >= 0.6 is 0 Å². The molecule has 0 aromatic carbocycles. The first-order chi connectivity index (χ1) is 6.81. The molecule has 0 aliphatic carbocycles. The van der Waals surface area contributed by atoms with Crippen molar-refractivity contribution in [1.82, 2.24) is 15.5 Å². The number of nitrogens with zero attached hydrogens (tertiary/aromatic N) is 2. The van der Waals surface area contributed by atoms with Gasteiger partial charge in [-0.1, -0.05) is 13.8 Å². The summed E-state index contributed by atoms with van der Waals surface area (Å²) in [5.41, 5.74) is 0. The van der Waals surface area contributed by atoms with Crippen LogP contribution in [0.5, 0.6) is 0 Å². The molecular weight excluding hydrogens is 182 g/mol. The van der Waals surface area contributed by atoms with Gasteiger partial charge in [0.25, 0.3) is 0 Å². The third-order valence-electron chi connectivity index (χ3n) is 1.91. The summed E-state index contributed by atoms with van der Waals surface area (Å²) in [4.78, 5) is 0. The van der Waals surface area contributed by atoms with E-state index in [1.165, 1.54) is 0 Å². The first-order valence-electron chi connectivity index (χ1n) is 4.86. The Kier molecular flexibility index (Phi) is 4.55. The Morgan fingerprint density at radius 2 is 2.21 bits per heavy atom. The Morgan fingerprint density at radius 1 is 1.43 bits per heavy atom. The third-order valence-corrected chi connectivity index (χ3v) is 1.91. The third kappa shape index (κ3) is 2.78. The van der Waals surface area contributed by atoms with Crippen LogP contribution in [0, 0.1) is 0 Å². The summed E-state index contributed by atoms with van der Waals surface area (Å²) in [6.45, 7) is 5.39. The number of hydrogen-bond acceptors (Lipinski definition) is 5. The molecule has 1 heterocycles. The van der Waals surface area contributed by atoms with Crippen molar-refractivity contribution >= 4 is 0 Å². The number of methoxy groups -OCH3 is 1. The second-order valence-corrected chi connectivity index (χ2v) is 2.99. The molecule has 80 valence electrons. The molecule has 0 aliphatic rings. The second-order valence-electron chi connectivity index (χ2n) is 2.99. The van der Waals surface area contributed by atoms with E-state index in [0.717, 1.165) is 13.0 Å². The van der Waals surface area contributed by atoms with Gasteiger partial charge in [0.05, 0.1) is 6.04 Å². The monoisotopic (exact) mass is 199 g/mol. The lowest BCUT2D eigenvalue weighted by atomic mass is 10.2. The number of hydrogen-bond donors (Lipinski definition) is 1. The highest BCUT2D eigenvalue weighted by Gasteiger charge is 2.15. The van der Waals surface area contributed by atoms with Crippen molar-refractivity contribution in [1.29, 1.82) is 0 Å². The van der Waals surface area contributed by atoms with Crippen LogP contribution in [-0.2, 0) is 11.3 Å². The van der Waals surface area contributed by atoms with Gasteiger partial charge in [0, 0.05) is 7.11 Å². The first kappa shape index (κ1) is 11.1. The zero-order valence-corrected chi connectivity index (χ0v) is 8.91. The Hall–Kier alpha value is -0.940. The van der Waals surface area contributed by atoms with Gasteiger partial charge in [0.1, 0.15) is 6.61 Å². The summed E-state index contributed by atoms with van der Waals surface area (Å²) in [5, 5.41) is 11.1. The maximum absolute atomic E-state index is 5.42. The zero-order valence-electron chi connectivity index (χ0n) is 8.91. The Labute approximate surface area is 83.9 Å². The highest BCUT2D eigenvalue weighted by Crippen LogP contribution is 2.14. The van der Waals surface area contributed by atoms with E-state index in [-0.39, 0.29) is 6.04 Å². The molecule has 0 fully saturated rings. The largest absolute Gasteiger partial charge is 0.421 e. The SMILES string of the molecule is CCNC(CC)c1nnc(COC)o1. The van der Waals surface area contributed by atoms with Crippen LogP contribution in [0.2, 0.25) is 0 Å². The molecule has 1 aromatic rings. The molecule has 0 aliphatic heterocycles. The number of ether oxygens (including phenoxy) is 1. The van der Waals surface area contributed by atoms with Crippen LogP contribution in [0.4, 0.5) is 0 Å². The molecule has 5 nitrogen and oxygen atoms in total. The minimum Gasteiger partial charge on any atom is -0.421 e. The summed E-state index contributed by atoms with van der Waals surface area (Å²) in [7, 11) is 1.60. The minimum absolute atomic E-state index is 0.151. The van der Waals surface area contributed by atoms with E-state index < -0.39 is 0 Å². The summed E-state index contributed by atoms with van der Waals surface area (Å²) in [6.07, 6.45) is 0.933. The van der Waals surface area contributed by atoms with Crippen molar-refractivity contribution in [3.8, 4) is 0 Å².